The Morgan fingerprint density at radius 3 is 2.78 bits per heavy atom. The second kappa shape index (κ2) is 5.82. The van der Waals surface area contributed by atoms with Gasteiger partial charge in [0.25, 0.3) is 0 Å². The summed E-state index contributed by atoms with van der Waals surface area (Å²) in [6.45, 7) is 4.21. The summed E-state index contributed by atoms with van der Waals surface area (Å²) in [5, 5.41) is 7.56. The quantitative estimate of drug-likeness (QED) is 0.917. The fourth-order valence-corrected chi connectivity index (χ4v) is 3.07. The van der Waals surface area contributed by atoms with Crippen LogP contribution in [-0.4, -0.2) is 21.8 Å². The molecule has 0 saturated heterocycles. The van der Waals surface area contributed by atoms with Crippen LogP contribution in [0, 0.1) is 0 Å². The third kappa shape index (κ3) is 2.91. The molecule has 1 unspecified atom stereocenters. The molecule has 2 aromatic rings. The van der Waals surface area contributed by atoms with Gasteiger partial charge in [0.05, 0.1) is 4.34 Å². The molecule has 2 aromatic heterocycles. The minimum atomic E-state index is 0.226. The summed E-state index contributed by atoms with van der Waals surface area (Å²) in [4.78, 5) is 5.56. The Kier molecular flexibility index (Phi) is 4.37. The summed E-state index contributed by atoms with van der Waals surface area (Å²) in [5.74, 6) is 0.994. The maximum absolute atomic E-state index is 5.98. The highest BCUT2D eigenvalue weighted by Gasteiger charge is 2.17. The first-order valence-electron chi connectivity index (χ1n) is 5.92. The van der Waals surface area contributed by atoms with Gasteiger partial charge in [-0.15, -0.1) is 11.3 Å². The number of hydrogen-bond acceptors (Lipinski definition) is 4. The maximum atomic E-state index is 5.98. The Morgan fingerprint density at radius 1 is 1.44 bits per heavy atom. The number of nitrogens with zero attached hydrogens (tertiary/aromatic N) is 3. The van der Waals surface area contributed by atoms with E-state index in [1.54, 1.807) is 17.7 Å². The zero-order valence-electron chi connectivity index (χ0n) is 10.7. The maximum Gasteiger partial charge on any atom is 0.138 e. The average molecular weight is 285 g/mol. The molecule has 98 valence electrons. The molecule has 2 heterocycles. The summed E-state index contributed by atoms with van der Waals surface area (Å²) in [6, 6.07) is 4.54. The second-order valence-corrected chi connectivity index (χ2v) is 6.15. The second-order valence-electron chi connectivity index (χ2n) is 4.40. The molecule has 0 spiro atoms. The van der Waals surface area contributed by atoms with E-state index >= 15 is 0 Å². The van der Waals surface area contributed by atoms with Crippen molar-refractivity contribution in [3.8, 4) is 0 Å². The summed E-state index contributed by atoms with van der Waals surface area (Å²) in [6.07, 6.45) is 2.43. The van der Waals surface area contributed by atoms with Crippen molar-refractivity contribution in [2.24, 2.45) is 0 Å². The number of likely N-dealkylation sites (N-methyl/N-ethyl adjacent to an activating group) is 1. The fraction of sp³-hybridized carbons (Fsp3) is 0.500. The van der Waals surface area contributed by atoms with Crippen LogP contribution >= 0.6 is 22.9 Å². The topological polar surface area (TPSA) is 42.7 Å². The Bertz CT molecular complexity index is 506. The van der Waals surface area contributed by atoms with Gasteiger partial charge in [-0.05, 0) is 33.0 Å². The van der Waals surface area contributed by atoms with Crippen LogP contribution in [0.3, 0.4) is 0 Å². The highest BCUT2D eigenvalue weighted by molar-refractivity contribution is 7.16. The molecule has 2 rings (SSSR count). The summed E-state index contributed by atoms with van der Waals surface area (Å²) in [7, 11) is 1.95. The van der Waals surface area contributed by atoms with E-state index in [1.807, 2.05) is 17.8 Å². The van der Waals surface area contributed by atoms with Crippen LogP contribution in [0.15, 0.2) is 18.5 Å². The number of nitrogens with one attached hydrogen (secondary N) is 1. The summed E-state index contributed by atoms with van der Waals surface area (Å²) in [5.41, 5.74) is 0. The van der Waals surface area contributed by atoms with E-state index in [0.29, 0.717) is 6.04 Å². The van der Waals surface area contributed by atoms with Crippen molar-refractivity contribution >= 4 is 22.9 Å². The normalized spacial score (nSPS) is 13.2. The highest BCUT2D eigenvalue weighted by Crippen LogP contribution is 2.28. The van der Waals surface area contributed by atoms with Gasteiger partial charge in [0.15, 0.2) is 0 Å². The van der Waals surface area contributed by atoms with Gasteiger partial charge in [-0.1, -0.05) is 11.6 Å². The minimum Gasteiger partial charge on any atom is -0.312 e. The van der Waals surface area contributed by atoms with E-state index < -0.39 is 0 Å². The van der Waals surface area contributed by atoms with Crippen LogP contribution in [0.1, 0.15) is 36.6 Å². The molecule has 0 bridgehead atoms. The third-order valence-electron chi connectivity index (χ3n) is 2.81. The summed E-state index contributed by atoms with van der Waals surface area (Å²) >= 11 is 7.58. The van der Waals surface area contributed by atoms with Crippen molar-refractivity contribution in [1.82, 2.24) is 20.1 Å². The number of aromatic nitrogens is 3. The van der Waals surface area contributed by atoms with Crippen LogP contribution in [0.2, 0.25) is 4.34 Å². The van der Waals surface area contributed by atoms with Crippen molar-refractivity contribution in [3.63, 3.8) is 0 Å². The molecule has 0 aromatic carbocycles. The molecule has 0 fully saturated rings. The van der Waals surface area contributed by atoms with Gasteiger partial charge in [-0.25, -0.2) is 9.67 Å². The van der Waals surface area contributed by atoms with Crippen LogP contribution in [0.4, 0.5) is 0 Å². The molecule has 0 radical (unpaired) electrons. The van der Waals surface area contributed by atoms with Crippen LogP contribution in [-0.2, 0) is 6.42 Å². The predicted octanol–water partition coefficient (Wildman–Crippen LogP) is 3.08. The summed E-state index contributed by atoms with van der Waals surface area (Å²) < 4.78 is 2.77. The molecule has 4 nitrogen and oxygen atoms in total. The van der Waals surface area contributed by atoms with Gasteiger partial charge in [0, 0.05) is 23.4 Å². The van der Waals surface area contributed by atoms with Crippen LogP contribution in [0.25, 0.3) is 0 Å². The molecule has 0 saturated carbocycles. The fourth-order valence-electron chi connectivity index (χ4n) is 1.89. The van der Waals surface area contributed by atoms with E-state index in [2.05, 4.69) is 35.3 Å². The lowest BCUT2D eigenvalue weighted by atomic mass is 10.1. The van der Waals surface area contributed by atoms with Crippen LogP contribution < -0.4 is 5.32 Å². The molecule has 0 aliphatic heterocycles. The molecule has 1 atom stereocenters. The Labute approximate surface area is 116 Å². The van der Waals surface area contributed by atoms with Crippen molar-refractivity contribution in [1.29, 1.82) is 0 Å². The van der Waals surface area contributed by atoms with Crippen molar-refractivity contribution < 1.29 is 0 Å². The zero-order chi connectivity index (χ0) is 13.1. The largest absolute Gasteiger partial charge is 0.312 e. The molecule has 0 aliphatic rings. The molecule has 6 heteroatoms. The lowest BCUT2D eigenvalue weighted by Crippen LogP contribution is -2.20. The SMILES string of the molecule is CNC(Cc1ncnn1C(C)C)c1ccc(Cl)s1. The molecule has 18 heavy (non-hydrogen) atoms. The number of halogens is 1. The van der Waals surface area contributed by atoms with Crippen molar-refractivity contribution in [3.05, 3.63) is 33.5 Å². The van der Waals surface area contributed by atoms with E-state index in [4.69, 9.17) is 11.6 Å². The minimum absolute atomic E-state index is 0.226. The van der Waals surface area contributed by atoms with Gasteiger partial charge >= 0.3 is 0 Å². The molecule has 0 amide bonds. The first kappa shape index (κ1) is 13.5. The zero-order valence-corrected chi connectivity index (χ0v) is 12.3. The monoisotopic (exact) mass is 284 g/mol. The number of thiophene rings is 1. The van der Waals surface area contributed by atoms with Crippen LogP contribution in [0.5, 0.6) is 0 Å². The Hall–Kier alpha value is -0.910. The first-order valence-corrected chi connectivity index (χ1v) is 7.12. The van der Waals surface area contributed by atoms with Gasteiger partial charge in [-0.3, -0.25) is 0 Å². The van der Waals surface area contributed by atoms with Gasteiger partial charge in [0.2, 0.25) is 0 Å². The van der Waals surface area contributed by atoms with Crippen molar-refractivity contribution in [2.45, 2.75) is 32.4 Å². The lowest BCUT2D eigenvalue weighted by Gasteiger charge is -2.16. The standard InChI is InChI=1S/C12H17ClN4S/c1-8(2)17-12(15-7-16-17)6-9(14-3)10-4-5-11(13)18-10/h4-5,7-9,14H,6H2,1-3H3. The molecule has 1 N–H and O–H groups in total. The van der Waals surface area contributed by atoms with E-state index in [-0.39, 0.29) is 6.04 Å². The molecule has 0 aliphatic carbocycles. The van der Waals surface area contributed by atoms with Gasteiger partial charge < -0.3 is 5.32 Å². The number of hydrogen-bond donors (Lipinski definition) is 1. The Morgan fingerprint density at radius 2 is 2.22 bits per heavy atom. The highest BCUT2D eigenvalue weighted by atomic mass is 35.5. The van der Waals surface area contributed by atoms with Crippen molar-refractivity contribution in [2.75, 3.05) is 7.05 Å². The third-order valence-corrected chi connectivity index (χ3v) is 4.15. The average Bonchev–Trinajstić information content (AvgIpc) is 2.94. The first-order chi connectivity index (χ1) is 8.61. The predicted molar refractivity (Wildman–Crippen MR) is 75.2 cm³/mol. The van der Waals surface area contributed by atoms with E-state index in [1.165, 1.54) is 4.88 Å². The number of rotatable bonds is 5. The van der Waals surface area contributed by atoms with Gasteiger partial charge in [0.1, 0.15) is 12.2 Å². The van der Waals surface area contributed by atoms with E-state index in [0.717, 1.165) is 16.6 Å². The van der Waals surface area contributed by atoms with E-state index in [9.17, 15) is 0 Å². The smallest absolute Gasteiger partial charge is 0.138 e. The van der Waals surface area contributed by atoms with Gasteiger partial charge in [-0.2, -0.15) is 5.10 Å². The molecular weight excluding hydrogens is 268 g/mol. The Balaban J connectivity index is 2.18. The molecular formula is C12H17ClN4S. The lowest BCUT2D eigenvalue weighted by molar-refractivity contribution is 0.480.